The van der Waals surface area contributed by atoms with Crippen LogP contribution in [0.4, 0.5) is 5.95 Å². The van der Waals surface area contributed by atoms with Crippen LogP contribution in [0, 0.1) is 0 Å². The number of piperidine rings is 1. The van der Waals surface area contributed by atoms with E-state index in [0.717, 1.165) is 25.8 Å². The molecule has 1 atom stereocenters. The first-order valence-corrected chi connectivity index (χ1v) is 6.59. The molecule has 110 valence electrons. The Balaban J connectivity index is 2.28. The molecular weight excluding hydrogens is 262 g/mol. The Labute approximate surface area is 117 Å². The standard InChI is InChI=1S/C13H19N3O4/c1-19-10-8-11(20-2)15-13(14-10)16-6-4-3-5-9(16)7-12(17)18/h8-9H,3-7H2,1-2H3,(H,17,18). The minimum atomic E-state index is -0.809. The second-order valence-corrected chi connectivity index (χ2v) is 4.69. The number of carboxylic acid groups (broad SMARTS) is 1. The second kappa shape index (κ2) is 6.40. The van der Waals surface area contributed by atoms with E-state index in [-0.39, 0.29) is 12.5 Å². The first kappa shape index (κ1) is 14.4. The van der Waals surface area contributed by atoms with E-state index in [0.29, 0.717) is 17.7 Å². The van der Waals surface area contributed by atoms with E-state index in [2.05, 4.69) is 9.97 Å². The van der Waals surface area contributed by atoms with Crippen LogP contribution in [-0.2, 0) is 4.79 Å². The number of rotatable bonds is 5. The number of carboxylic acids is 1. The average Bonchev–Trinajstić information content (AvgIpc) is 2.46. The van der Waals surface area contributed by atoms with E-state index >= 15 is 0 Å². The Bertz CT molecular complexity index is 458. The maximum atomic E-state index is 11.0. The highest BCUT2D eigenvalue weighted by Crippen LogP contribution is 2.27. The molecule has 0 bridgehead atoms. The van der Waals surface area contributed by atoms with Crippen LogP contribution in [0.2, 0.25) is 0 Å². The molecule has 7 nitrogen and oxygen atoms in total. The molecule has 0 aromatic carbocycles. The lowest BCUT2D eigenvalue weighted by atomic mass is 10.00. The van der Waals surface area contributed by atoms with Crippen LogP contribution in [0.3, 0.4) is 0 Å². The van der Waals surface area contributed by atoms with Crippen molar-refractivity contribution in [2.45, 2.75) is 31.7 Å². The van der Waals surface area contributed by atoms with Crippen molar-refractivity contribution in [2.24, 2.45) is 0 Å². The molecule has 2 rings (SSSR count). The minimum absolute atomic E-state index is 0.0851. The highest BCUT2D eigenvalue weighted by atomic mass is 16.5. The number of aliphatic carboxylic acids is 1. The molecule has 0 saturated carbocycles. The van der Waals surface area contributed by atoms with E-state index in [9.17, 15) is 4.79 Å². The molecule has 1 N–H and O–H groups in total. The fraction of sp³-hybridized carbons (Fsp3) is 0.615. The van der Waals surface area contributed by atoms with Gasteiger partial charge in [-0.3, -0.25) is 4.79 Å². The molecule has 1 unspecified atom stereocenters. The molecule has 0 aliphatic carbocycles. The Hall–Kier alpha value is -2.05. The number of hydrogen-bond donors (Lipinski definition) is 1. The third-order valence-corrected chi connectivity index (χ3v) is 3.38. The highest BCUT2D eigenvalue weighted by molar-refractivity contribution is 5.68. The van der Waals surface area contributed by atoms with Gasteiger partial charge in [-0.15, -0.1) is 0 Å². The van der Waals surface area contributed by atoms with E-state index in [4.69, 9.17) is 14.6 Å². The molecule has 7 heteroatoms. The molecule has 0 amide bonds. The quantitative estimate of drug-likeness (QED) is 0.871. The second-order valence-electron chi connectivity index (χ2n) is 4.69. The molecule has 1 fully saturated rings. The first-order valence-electron chi connectivity index (χ1n) is 6.59. The van der Waals surface area contributed by atoms with Crippen LogP contribution in [0.25, 0.3) is 0 Å². The summed E-state index contributed by atoms with van der Waals surface area (Å²) in [5, 5.41) is 9.02. The fourth-order valence-corrected chi connectivity index (χ4v) is 2.41. The van der Waals surface area contributed by atoms with Crippen LogP contribution >= 0.6 is 0 Å². The van der Waals surface area contributed by atoms with Gasteiger partial charge in [-0.1, -0.05) is 0 Å². The lowest BCUT2D eigenvalue weighted by molar-refractivity contribution is -0.137. The molecule has 1 aliphatic rings. The zero-order chi connectivity index (χ0) is 14.5. The van der Waals surface area contributed by atoms with Crippen molar-refractivity contribution in [3.63, 3.8) is 0 Å². The van der Waals surface area contributed by atoms with Crippen LogP contribution in [-0.4, -0.2) is 47.8 Å². The van der Waals surface area contributed by atoms with Crippen LogP contribution in [0.15, 0.2) is 6.07 Å². The maximum Gasteiger partial charge on any atom is 0.305 e. The summed E-state index contributed by atoms with van der Waals surface area (Å²) in [6, 6.07) is 1.51. The summed E-state index contributed by atoms with van der Waals surface area (Å²) in [4.78, 5) is 21.5. The fourth-order valence-electron chi connectivity index (χ4n) is 2.41. The summed E-state index contributed by atoms with van der Waals surface area (Å²) >= 11 is 0. The molecule has 1 aliphatic heterocycles. The normalized spacial score (nSPS) is 18.7. The SMILES string of the molecule is COc1cc(OC)nc(N2CCCCC2CC(=O)O)n1. The highest BCUT2D eigenvalue weighted by Gasteiger charge is 2.27. The van der Waals surface area contributed by atoms with E-state index in [1.54, 1.807) is 6.07 Å². The summed E-state index contributed by atoms with van der Waals surface area (Å²) in [5.41, 5.74) is 0. The third-order valence-electron chi connectivity index (χ3n) is 3.38. The van der Waals surface area contributed by atoms with Gasteiger partial charge in [-0.05, 0) is 19.3 Å². The lowest BCUT2D eigenvalue weighted by Gasteiger charge is -2.35. The summed E-state index contributed by atoms with van der Waals surface area (Å²) in [7, 11) is 3.05. The van der Waals surface area contributed by atoms with Gasteiger partial charge in [0.1, 0.15) is 0 Å². The Morgan fingerprint density at radius 3 is 2.55 bits per heavy atom. The zero-order valence-electron chi connectivity index (χ0n) is 11.7. The van der Waals surface area contributed by atoms with Gasteiger partial charge in [0.05, 0.1) is 26.7 Å². The topological polar surface area (TPSA) is 84.8 Å². The molecule has 1 saturated heterocycles. The van der Waals surface area contributed by atoms with Gasteiger partial charge in [0.25, 0.3) is 0 Å². The molecule has 1 aromatic rings. The van der Waals surface area contributed by atoms with Gasteiger partial charge >= 0.3 is 5.97 Å². The first-order chi connectivity index (χ1) is 9.63. The Kier molecular flexibility index (Phi) is 4.60. The molecule has 20 heavy (non-hydrogen) atoms. The van der Waals surface area contributed by atoms with Crippen molar-refractivity contribution >= 4 is 11.9 Å². The van der Waals surface area contributed by atoms with Gasteiger partial charge in [0.15, 0.2) is 0 Å². The average molecular weight is 281 g/mol. The van der Waals surface area contributed by atoms with Crippen molar-refractivity contribution in [2.75, 3.05) is 25.7 Å². The Morgan fingerprint density at radius 1 is 1.35 bits per heavy atom. The number of ether oxygens (including phenoxy) is 2. The Morgan fingerprint density at radius 2 is 2.00 bits per heavy atom. The summed E-state index contributed by atoms with van der Waals surface area (Å²) in [6.45, 7) is 0.744. The van der Waals surface area contributed by atoms with E-state index in [1.165, 1.54) is 14.2 Å². The number of carbonyl (C=O) groups is 1. The third kappa shape index (κ3) is 3.28. The van der Waals surface area contributed by atoms with Crippen molar-refractivity contribution in [1.29, 1.82) is 0 Å². The van der Waals surface area contributed by atoms with Crippen molar-refractivity contribution in [1.82, 2.24) is 9.97 Å². The zero-order valence-corrected chi connectivity index (χ0v) is 11.7. The molecule has 1 aromatic heterocycles. The molecule has 2 heterocycles. The lowest BCUT2D eigenvalue weighted by Crippen LogP contribution is -2.42. The van der Waals surface area contributed by atoms with Crippen molar-refractivity contribution in [3.8, 4) is 11.8 Å². The molecule has 0 spiro atoms. The van der Waals surface area contributed by atoms with Crippen molar-refractivity contribution in [3.05, 3.63) is 6.07 Å². The monoisotopic (exact) mass is 281 g/mol. The smallest absolute Gasteiger partial charge is 0.305 e. The minimum Gasteiger partial charge on any atom is -0.481 e. The van der Waals surface area contributed by atoms with Crippen LogP contribution in [0.1, 0.15) is 25.7 Å². The summed E-state index contributed by atoms with van der Waals surface area (Å²) in [5.74, 6) is 0.474. The van der Waals surface area contributed by atoms with Gasteiger partial charge in [-0.25, -0.2) is 0 Å². The summed E-state index contributed by atoms with van der Waals surface area (Å²) in [6.07, 6.45) is 2.94. The number of anilines is 1. The predicted octanol–water partition coefficient (Wildman–Crippen LogP) is 1.33. The number of aromatic nitrogens is 2. The largest absolute Gasteiger partial charge is 0.481 e. The maximum absolute atomic E-state index is 11.0. The number of nitrogens with zero attached hydrogens (tertiary/aromatic N) is 3. The van der Waals surface area contributed by atoms with Crippen LogP contribution in [0.5, 0.6) is 11.8 Å². The van der Waals surface area contributed by atoms with Gasteiger partial charge in [0, 0.05) is 12.6 Å². The van der Waals surface area contributed by atoms with E-state index in [1.807, 2.05) is 4.90 Å². The predicted molar refractivity (Wildman–Crippen MR) is 72.4 cm³/mol. The number of methoxy groups -OCH3 is 2. The van der Waals surface area contributed by atoms with Crippen molar-refractivity contribution < 1.29 is 19.4 Å². The summed E-state index contributed by atoms with van der Waals surface area (Å²) < 4.78 is 10.3. The van der Waals surface area contributed by atoms with E-state index < -0.39 is 5.97 Å². The van der Waals surface area contributed by atoms with Gasteiger partial charge in [-0.2, -0.15) is 9.97 Å². The van der Waals surface area contributed by atoms with Gasteiger partial charge < -0.3 is 19.5 Å². The molecular formula is C13H19N3O4. The number of hydrogen-bond acceptors (Lipinski definition) is 6. The van der Waals surface area contributed by atoms with Gasteiger partial charge in [0.2, 0.25) is 17.7 Å². The van der Waals surface area contributed by atoms with Crippen LogP contribution < -0.4 is 14.4 Å². The molecule has 0 radical (unpaired) electrons.